The summed E-state index contributed by atoms with van der Waals surface area (Å²) in [6.45, 7) is 4.70. The van der Waals surface area contributed by atoms with Crippen molar-refractivity contribution < 1.29 is 0 Å². The second-order valence-electron chi connectivity index (χ2n) is 4.58. The van der Waals surface area contributed by atoms with Crippen LogP contribution < -0.4 is 10.6 Å². The van der Waals surface area contributed by atoms with Gasteiger partial charge in [-0.3, -0.25) is 4.68 Å². The molecule has 0 saturated heterocycles. The highest BCUT2D eigenvalue weighted by Gasteiger charge is 2.03. The summed E-state index contributed by atoms with van der Waals surface area (Å²) in [6.07, 6.45) is 0. The number of nitrogens with one attached hydrogen (secondary N) is 2. The fourth-order valence-electron chi connectivity index (χ4n) is 1.90. The van der Waals surface area contributed by atoms with Crippen molar-refractivity contribution in [3.05, 3.63) is 47.3 Å². The molecule has 2 rings (SSSR count). The van der Waals surface area contributed by atoms with Crippen LogP contribution in [0.4, 0.5) is 5.69 Å². The molecule has 4 nitrogen and oxygen atoms in total. The summed E-state index contributed by atoms with van der Waals surface area (Å²) in [5.74, 6) is 0. The van der Waals surface area contributed by atoms with Gasteiger partial charge in [-0.1, -0.05) is 12.1 Å². The van der Waals surface area contributed by atoms with Crippen molar-refractivity contribution in [3.8, 4) is 0 Å². The molecule has 1 aromatic carbocycles. The van der Waals surface area contributed by atoms with E-state index in [-0.39, 0.29) is 0 Å². The molecule has 2 aromatic rings. The van der Waals surface area contributed by atoms with E-state index >= 15 is 0 Å². The van der Waals surface area contributed by atoms with E-state index in [0.717, 1.165) is 17.1 Å². The van der Waals surface area contributed by atoms with Gasteiger partial charge < -0.3 is 10.6 Å². The minimum absolute atomic E-state index is 0.615. The van der Waals surface area contributed by atoms with Crippen molar-refractivity contribution in [2.45, 2.75) is 20.4 Å². The molecule has 1 aromatic heterocycles. The highest BCUT2D eigenvalue weighted by atomic mass is 32.1. The fourth-order valence-corrected chi connectivity index (χ4v) is 2.09. The van der Waals surface area contributed by atoms with E-state index in [4.69, 9.17) is 12.2 Å². The minimum atomic E-state index is 0.615. The molecule has 0 fully saturated rings. The first-order valence-electron chi connectivity index (χ1n) is 6.15. The second kappa shape index (κ2) is 5.84. The number of hydrogen-bond donors (Lipinski definition) is 2. The van der Waals surface area contributed by atoms with Crippen LogP contribution in [0.1, 0.15) is 17.0 Å². The molecule has 0 aliphatic heterocycles. The van der Waals surface area contributed by atoms with Gasteiger partial charge in [0.1, 0.15) is 0 Å². The summed E-state index contributed by atoms with van der Waals surface area (Å²) in [4.78, 5) is 0. The van der Waals surface area contributed by atoms with E-state index in [0.29, 0.717) is 11.7 Å². The van der Waals surface area contributed by atoms with Gasteiger partial charge in [-0.15, -0.1) is 0 Å². The van der Waals surface area contributed by atoms with E-state index < -0.39 is 0 Å². The van der Waals surface area contributed by atoms with Crippen molar-refractivity contribution in [1.82, 2.24) is 15.1 Å². The van der Waals surface area contributed by atoms with Gasteiger partial charge in [-0.25, -0.2) is 0 Å². The molecular formula is C14H18N4S. The molecular weight excluding hydrogens is 256 g/mol. The Morgan fingerprint density at radius 2 is 2.11 bits per heavy atom. The Labute approximate surface area is 118 Å². The third-order valence-corrected chi connectivity index (χ3v) is 3.05. The Balaban J connectivity index is 1.90. The highest BCUT2D eigenvalue weighted by Crippen LogP contribution is 2.09. The number of benzene rings is 1. The summed E-state index contributed by atoms with van der Waals surface area (Å²) < 4.78 is 1.86. The molecule has 100 valence electrons. The Morgan fingerprint density at radius 3 is 2.74 bits per heavy atom. The lowest BCUT2D eigenvalue weighted by Gasteiger charge is -2.11. The van der Waals surface area contributed by atoms with E-state index in [1.54, 1.807) is 0 Å². The number of aryl methyl sites for hydroxylation is 3. The van der Waals surface area contributed by atoms with Crippen LogP contribution in [0.5, 0.6) is 0 Å². The monoisotopic (exact) mass is 274 g/mol. The summed E-state index contributed by atoms with van der Waals surface area (Å²) in [6, 6.07) is 10.2. The number of rotatable bonds is 3. The predicted octanol–water partition coefficient (Wildman–Crippen LogP) is 2.52. The van der Waals surface area contributed by atoms with Gasteiger partial charge in [0.05, 0.1) is 17.9 Å². The van der Waals surface area contributed by atoms with E-state index in [1.807, 2.05) is 36.9 Å². The van der Waals surface area contributed by atoms with Gasteiger partial charge in [0.25, 0.3) is 0 Å². The average Bonchev–Trinajstić information content (AvgIpc) is 2.65. The number of hydrogen-bond acceptors (Lipinski definition) is 2. The fraction of sp³-hybridized carbons (Fsp3) is 0.286. The van der Waals surface area contributed by atoms with Gasteiger partial charge in [0.15, 0.2) is 5.11 Å². The topological polar surface area (TPSA) is 41.9 Å². The lowest BCUT2D eigenvalue weighted by Crippen LogP contribution is -2.28. The summed E-state index contributed by atoms with van der Waals surface area (Å²) in [7, 11) is 1.93. The molecule has 2 N–H and O–H groups in total. The third-order valence-electron chi connectivity index (χ3n) is 2.80. The van der Waals surface area contributed by atoms with Crippen molar-refractivity contribution >= 4 is 23.0 Å². The molecule has 19 heavy (non-hydrogen) atoms. The Hall–Kier alpha value is -1.88. The smallest absolute Gasteiger partial charge is 0.171 e. The zero-order chi connectivity index (χ0) is 13.8. The lowest BCUT2D eigenvalue weighted by molar-refractivity contribution is 0.689. The first-order chi connectivity index (χ1) is 9.04. The van der Waals surface area contributed by atoms with Crippen LogP contribution in [-0.2, 0) is 13.6 Å². The van der Waals surface area contributed by atoms with Crippen LogP contribution in [0.2, 0.25) is 0 Å². The maximum absolute atomic E-state index is 5.28. The molecule has 0 aliphatic rings. The van der Waals surface area contributed by atoms with Crippen molar-refractivity contribution in [2.75, 3.05) is 5.32 Å². The van der Waals surface area contributed by atoms with E-state index in [1.165, 1.54) is 5.56 Å². The SMILES string of the molecule is Cc1cccc(NC(=S)NCc2cc(C)nn2C)c1. The highest BCUT2D eigenvalue weighted by molar-refractivity contribution is 7.80. The first kappa shape index (κ1) is 13.5. The molecule has 5 heteroatoms. The summed E-state index contributed by atoms with van der Waals surface area (Å²) in [5, 5.41) is 11.3. The quantitative estimate of drug-likeness (QED) is 0.844. The molecule has 0 amide bonds. The average molecular weight is 274 g/mol. The molecule has 0 unspecified atom stereocenters. The van der Waals surface area contributed by atoms with Crippen molar-refractivity contribution in [2.24, 2.45) is 7.05 Å². The van der Waals surface area contributed by atoms with Gasteiger partial charge in [0.2, 0.25) is 0 Å². The standard InChI is InChI=1S/C14H18N4S/c1-10-5-4-6-12(7-10)16-14(19)15-9-13-8-11(2)17-18(13)3/h4-8H,9H2,1-3H3,(H2,15,16,19). The maximum Gasteiger partial charge on any atom is 0.171 e. The molecule has 0 saturated carbocycles. The third kappa shape index (κ3) is 3.79. The Bertz CT molecular complexity index is 589. The van der Waals surface area contributed by atoms with Gasteiger partial charge in [0, 0.05) is 12.7 Å². The molecule has 0 atom stereocenters. The largest absolute Gasteiger partial charge is 0.357 e. The minimum Gasteiger partial charge on any atom is -0.357 e. The number of anilines is 1. The molecule has 0 radical (unpaired) electrons. The molecule has 0 bridgehead atoms. The summed E-state index contributed by atoms with van der Waals surface area (Å²) >= 11 is 5.28. The van der Waals surface area contributed by atoms with Crippen molar-refractivity contribution in [3.63, 3.8) is 0 Å². The van der Waals surface area contributed by atoms with Crippen LogP contribution in [0.15, 0.2) is 30.3 Å². The zero-order valence-electron chi connectivity index (χ0n) is 11.4. The van der Waals surface area contributed by atoms with Crippen LogP contribution in [0, 0.1) is 13.8 Å². The van der Waals surface area contributed by atoms with Gasteiger partial charge >= 0.3 is 0 Å². The van der Waals surface area contributed by atoms with Crippen LogP contribution in [0.3, 0.4) is 0 Å². The predicted molar refractivity (Wildman–Crippen MR) is 82.2 cm³/mol. The normalized spacial score (nSPS) is 10.3. The Morgan fingerprint density at radius 1 is 1.32 bits per heavy atom. The van der Waals surface area contributed by atoms with Gasteiger partial charge in [-0.05, 0) is 49.8 Å². The number of aromatic nitrogens is 2. The number of thiocarbonyl (C=S) groups is 1. The Kier molecular flexibility index (Phi) is 4.16. The van der Waals surface area contributed by atoms with E-state index in [2.05, 4.69) is 34.8 Å². The zero-order valence-corrected chi connectivity index (χ0v) is 12.2. The second-order valence-corrected chi connectivity index (χ2v) is 4.99. The molecule has 0 aliphatic carbocycles. The molecule has 1 heterocycles. The molecule has 0 spiro atoms. The number of nitrogens with zero attached hydrogens (tertiary/aromatic N) is 2. The van der Waals surface area contributed by atoms with Crippen LogP contribution in [-0.4, -0.2) is 14.9 Å². The van der Waals surface area contributed by atoms with Crippen LogP contribution >= 0.6 is 12.2 Å². The van der Waals surface area contributed by atoms with Crippen LogP contribution in [0.25, 0.3) is 0 Å². The van der Waals surface area contributed by atoms with Gasteiger partial charge in [-0.2, -0.15) is 5.10 Å². The van der Waals surface area contributed by atoms with Crippen molar-refractivity contribution in [1.29, 1.82) is 0 Å². The first-order valence-corrected chi connectivity index (χ1v) is 6.56. The lowest BCUT2D eigenvalue weighted by atomic mass is 10.2. The maximum atomic E-state index is 5.28. The summed E-state index contributed by atoms with van der Waals surface area (Å²) in [5.41, 5.74) is 4.32. The van der Waals surface area contributed by atoms with E-state index in [9.17, 15) is 0 Å².